The van der Waals surface area contributed by atoms with Crippen LogP contribution in [0.3, 0.4) is 0 Å². The largest absolute Gasteiger partial charge is 0.478 e. The van der Waals surface area contributed by atoms with E-state index in [4.69, 9.17) is 19.0 Å². The maximum atomic E-state index is 11.9. The first kappa shape index (κ1) is 12.5. The molecule has 0 atom stereocenters. The number of rotatable bonds is 2. The SMILES string of the molecule is CC(C)(C)C(=O)Oc1c2c3oc1c(C(=O)O)c3C(=O)O2. The Bertz CT molecular complexity index is 760. The molecule has 2 aromatic heterocycles. The quantitative estimate of drug-likeness (QED) is 0.662. The van der Waals surface area contributed by atoms with Crippen molar-refractivity contribution < 1.29 is 33.4 Å². The zero-order valence-corrected chi connectivity index (χ0v) is 10.9. The predicted octanol–water partition coefficient (Wildman–Crippen LogP) is 2.05. The minimum Gasteiger partial charge on any atom is -0.478 e. The molecule has 1 N–H and O–H groups in total. The fourth-order valence-corrected chi connectivity index (χ4v) is 1.93. The number of furan rings is 2. The summed E-state index contributed by atoms with van der Waals surface area (Å²) in [6, 6.07) is 0. The van der Waals surface area contributed by atoms with Gasteiger partial charge in [0.25, 0.3) is 0 Å². The Labute approximate surface area is 112 Å². The summed E-state index contributed by atoms with van der Waals surface area (Å²) in [7, 11) is 0. The molecule has 7 heteroatoms. The van der Waals surface area contributed by atoms with E-state index in [9.17, 15) is 14.4 Å². The Morgan fingerprint density at radius 3 is 2.40 bits per heavy atom. The lowest BCUT2D eigenvalue weighted by atomic mass is 9.97. The molecule has 0 aliphatic carbocycles. The van der Waals surface area contributed by atoms with E-state index >= 15 is 0 Å². The zero-order chi connectivity index (χ0) is 14.8. The minimum absolute atomic E-state index is 0.0131. The van der Waals surface area contributed by atoms with Crippen LogP contribution in [0.2, 0.25) is 0 Å². The van der Waals surface area contributed by atoms with Crippen LogP contribution < -0.4 is 9.47 Å². The van der Waals surface area contributed by atoms with Gasteiger partial charge in [-0.3, -0.25) is 4.79 Å². The molecule has 0 saturated heterocycles. The van der Waals surface area contributed by atoms with Crippen molar-refractivity contribution in [2.75, 3.05) is 0 Å². The Hall–Kier alpha value is -2.57. The lowest BCUT2D eigenvalue weighted by Gasteiger charge is -2.15. The summed E-state index contributed by atoms with van der Waals surface area (Å²) in [5.74, 6) is -2.91. The van der Waals surface area contributed by atoms with Crippen molar-refractivity contribution in [2.45, 2.75) is 20.8 Å². The van der Waals surface area contributed by atoms with Crippen molar-refractivity contribution in [3.8, 4) is 11.5 Å². The fourth-order valence-electron chi connectivity index (χ4n) is 1.93. The molecule has 0 amide bonds. The molecular weight excluding hydrogens is 268 g/mol. The van der Waals surface area contributed by atoms with E-state index in [2.05, 4.69) is 0 Å². The number of carbonyl (C=O) groups excluding carboxylic acids is 2. The number of benzene rings is 1. The van der Waals surface area contributed by atoms with E-state index in [1.54, 1.807) is 20.8 Å². The zero-order valence-electron chi connectivity index (χ0n) is 10.9. The molecule has 0 radical (unpaired) electrons. The number of carboxylic acid groups (broad SMARTS) is 1. The number of hydrogen-bond acceptors (Lipinski definition) is 6. The number of esters is 2. The average Bonchev–Trinajstić information content (AvgIpc) is 2.90. The van der Waals surface area contributed by atoms with E-state index in [-0.39, 0.29) is 33.8 Å². The number of carboxylic acids is 1. The molecule has 2 aromatic rings. The van der Waals surface area contributed by atoms with Gasteiger partial charge in [-0.25, -0.2) is 9.59 Å². The molecule has 104 valence electrons. The van der Waals surface area contributed by atoms with Crippen LogP contribution in [0.1, 0.15) is 41.5 Å². The van der Waals surface area contributed by atoms with Crippen LogP contribution >= 0.6 is 0 Å². The number of hydrogen-bond donors (Lipinski definition) is 1. The van der Waals surface area contributed by atoms with Gasteiger partial charge in [-0.1, -0.05) is 0 Å². The van der Waals surface area contributed by atoms with Gasteiger partial charge in [0.2, 0.25) is 11.5 Å². The highest BCUT2D eigenvalue weighted by Crippen LogP contribution is 2.52. The third-order valence-electron chi connectivity index (χ3n) is 2.95. The van der Waals surface area contributed by atoms with Gasteiger partial charge in [0, 0.05) is 0 Å². The Morgan fingerprint density at radius 2 is 1.85 bits per heavy atom. The summed E-state index contributed by atoms with van der Waals surface area (Å²) in [5, 5.41) is 9.14. The first-order valence-corrected chi connectivity index (χ1v) is 5.81. The first-order valence-electron chi connectivity index (χ1n) is 5.81. The van der Waals surface area contributed by atoms with Crippen molar-refractivity contribution in [3.63, 3.8) is 0 Å². The Kier molecular flexibility index (Phi) is 2.18. The number of fused-ring (bicyclic) bond motifs is 1. The van der Waals surface area contributed by atoms with E-state index in [1.165, 1.54) is 0 Å². The number of ether oxygens (including phenoxy) is 2. The third-order valence-corrected chi connectivity index (χ3v) is 2.95. The van der Waals surface area contributed by atoms with Gasteiger partial charge in [-0.15, -0.1) is 0 Å². The molecule has 0 spiro atoms. The van der Waals surface area contributed by atoms with Gasteiger partial charge in [0.05, 0.1) is 5.41 Å². The van der Waals surface area contributed by atoms with Gasteiger partial charge in [-0.2, -0.15) is 0 Å². The van der Waals surface area contributed by atoms with E-state index < -0.39 is 23.3 Å². The van der Waals surface area contributed by atoms with E-state index in [0.29, 0.717) is 0 Å². The predicted molar refractivity (Wildman–Crippen MR) is 64.4 cm³/mol. The van der Waals surface area contributed by atoms with Crippen molar-refractivity contribution in [1.29, 1.82) is 0 Å². The van der Waals surface area contributed by atoms with Crippen molar-refractivity contribution in [3.05, 3.63) is 11.1 Å². The topological polar surface area (TPSA) is 103 Å². The van der Waals surface area contributed by atoms with Crippen LogP contribution in [0, 0.1) is 5.41 Å². The van der Waals surface area contributed by atoms with Gasteiger partial charge >= 0.3 is 17.9 Å². The van der Waals surface area contributed by atoms with Crippen LogP contribution in [0.15, 0.2) is 4.42 Å². The lowest BCUT2D eigenvalue weighted by molar-refractivity contribution is -0.143. The van der Waals surface area contributed by atoms with Gasteiger partial charge < -0.3 is 19.0 Å². The minimum atomic E-state index is -1.34. The van der Waals surface area contributed by atoms with Crippen molar-refractivity contribution >= 4 is 29.1 Å². The highest BCUT2D eigenvalue weighted by molar-refractivity contribution is 6.20. The van der Waals surface area contributed by atoms with Crippen molar-refractivity contribution in [1.82, 2.24) is 0 Å². The van der Waals surface area contributed by atoms with Crippen LogP contribution in [0.25, 0.3) is 11.2 Å². The molecule has 2 bridgehead atoms. The smallest absolute Gasteiger partial charge is 0.348 e. The standard InChI is InChI=1S/C13H10O7/c1-13(2,3)12(17)20-9-6-4(10(14)15)5-7(18-6)8(9)19-11(5)16/h1-3H3,(H,14,15). The van der Waals surface area contributed by atoms with Crippen molar-refractivity contribution in [2.24, 2.45) is 5.41 Å². The second-order valence-corrected chi connectivity index (χ2v) is 5.50. The molecule has 7 nitrogen and oxygen atoms in total. The summed E-state index contributed by atoms with van der Waals surface area (Å²) in [6.07, 6.45) is 0. The molecule has 1 aliphatic heterocycles. The first-order chi connectivity index (χ1) is 9.21. The Morgan fingerprint density at radius 1 is 1.20 bits per heavy atom. The summed E-state index contributed by atoms with van der Waals surface area (Å²) in [5.41, 5.74) is -1.39. The molecule has 3 heterocycles. The summed E-state index contributed by atoms with van der Waals surface area (Å²) in [4.78, 5) is 34.7. The molecule has 1 aliphatic rings. The molecule has 0 aromatic carbocycles. The van der Waals surface area contributed by atoms with Crippen LogP contribution in [-0.2, 0) is 4.79 Å². The summed E-state index contributed by atoms with van der Waals surface area (Å²) in [6.45, 7) is 4.94. The van der Waals surface area contributed by atoms with Gasteiger partial charge in [-0.05, 0) is 20.8 Å². The number of carbonyl (C=O) groups is 3. The van der Waals surface area contributed by atoms with Gasteiger partial charge in [0.1, 0.15) is 11.1 Å². The second kappa shape index (κ2) is 3.50. The van der Waals surface area contributed by atoms with E-state index in [1.807, 2.05) is 0 Å². The second-order valence-electron chi connectivity index (χ2n) is 5.50. The average molecular weight is 278 g/mol. The molecular formula is C13H10O7. The summed E-state index contributed by atoms with van der Waals surface area (Å²) < 4.78 is 15.3. The molecule has 3 rings (SSSR count). The van der Waals surface area contributed by atoms with E-state index in [0.717, 1.165) is 0 Å². The fraction of sp³-hybridized carbons (Fsp3) is 0.308. The normalized spacial score (nSPS) is 13.8. The highest BCUT2D eigenvalue weighted by Gasteiger charge is 2.44. The number of aromatic carboxylic acids is 1. The maximum Gasteiger partial charge on any atom is 0.348 e. The molecule has 0 fully saturated rings. The Balaban J connectivity index is 2.14. The monoisotopic (exact) mass is 278 g/mol. The third kappa shape index (κ3) is 1.43. The molecule has 20 heavy (non-hydrogen) atoms. The van der Waals surface area contributed by atoms with Crippen LogP contribution in [-0.4, -0.2) is 23.0 Å². The molecule has 0 saturated carbocycles. The van der Waals surface area contributed by atoms with Crippen LogP contribution in [0.4, 0.5) is 0 Å². The summed E-state index contributed by atoms with van der Waals surface area (Å²) >= 11 is 0. The lowest BCUT2D eigenvalue weighted by Crippen LogP contribution is -2.25. The maximum absolute atomic E-state index is 11.9. The van der Waals surface area contributed by atoms with Gasteiger partial charge in [0.15, 0.2) is 11.2 Å². The molecule has 0 unspecified atom stereocenters. The highest BCUT2D eigenvalue weighted by atomic mass is 16.6. The van der Waals surface area contributed by atoms with Crippen LogP contribution in [0.5, 0.6) is 11.5 Å².